The van der Waals surface area contributed by atoms with Crippen molar-refractivity contribution < 1.29 is 0 Å². The zero-order valence-electron chi connectivity index (χ0n) is 13.1. The average Bonchev–Trinajstić information content (AvgIpc) is 2.87. The fourth-order valence-corrected chi connectivity index (χ4v) is 3.51. The van der Waals surface area contributed by atoms with Crippen LogP contribution in [0, 0.1) is 5.92 Å². The first-order valence-corrected chi connectivity index (χ1v) is 8.53. The quantitative estimate of drug-likeness (QED) is 0.865. The van der Waals surface area contributed by atoms with Crippen molar-refractivity contribution >= 4 is 11.0 Å². The van der Waals surface area contributed by atoms with E-state index in [1.807, 2.05) is 0 Å². The van der Waals surface area contributed by atoms with E-state index < -0.39 is 0 Å². The molecule has 21 heavy (non-hydrogen) atoms. The normalized spacial score (nSPS) is 16.6. The lowest BCUT2D eigenvalue weighted by molar-refractivity contribution is 0.340. The topological polar surface area (TPSA) is 29.9 Å². The maximum atomic E-state index is 4.81. The first-order chi connectivity index (χ1) is 10.4. The lowest BCUT2D eigenvalue weighted by Gasteiger charge is -2.21. The first kappa shape index (κ1) is 14.6. The van der Waals surface area contributed by atoms with Gasteiger partial charge in [-0.15, -0.1) is 0 Å². The van der Waals surface area contributed by atoms with E-state index in [1.54, 1.807) is 0 Å². The van der Waals surface area contributed by atoms with Crippen LogP contribution in [0.15, 0.2) is 24.3 Å². The Kier molecular flexibility index (Phi) is 4.91. The summed E-state index contributed by atoms with van der Waals surface area (Å²) in [6.45, 7) is 5.33. The Morgan fingerprint density at radius 3 is 2.81 bits per heavy atom. The summed E-state index contributed by atoms with van der Waals surface area (Å²) in [6.07, 6.45) is 8.22. The van der Waals surface area contributed by atoms with Crippen molar-refractivity contribution in [3.8, 4) is 0 Å². The Hall–Kier alpha value is -1.35. The third-order valence-electron chi connectivity index (χ3n) is 4.62. The predicted octanol–water partition coefficient (Wildman–Crippen LogP) is 4.12. The van der Waals surface area contributed by atoms with Crippen molar-refractivity contribution in [3.63, 3.8) is 0 Å². The van der Waals surface area contributed by atoms with Gasteiger partial charge in [0.25, 0.3) is 0 Å². The average molecular weight is 285 g/mol. The van der Waals surface area contributed by atoms with Crippen molar-refractivity contribution in [2.45, 2.75) is 58.5 Å². The van der Waals surface area contributed by atoms with Crippen molar-refractivity contribution in [2.75, 3.05) is 6.54 Å². The summed E-state index contributed by atoms with van der Waals surface area (Å²) in [7, 11) is 0. The van der Waals surface area contributed by atoms with Crippen LogP contribution in [0.3, 0.4) is 0 Å². The van der Waals surface area contributed by atoms with E-state index >= 15 is 0 Å². The minimum absolute atomic E-state index is 0.878. The van der Waals surface area contributed by atoms with Gasteiger partial charge in [-0.2, -0.15) is 0 Å². The van der Waals surface area contributed by atoms with E-state index in [0.29, 0.717) is 0 Å². The van der Waals surface area contributed by atoms with Gasteiger partial charge in [0.2, 0.25) is 0 Å². The van der Waals surface area contributed by atoms with Gasteiger partial charge in [0, 0.05) is 6.54 Å². The first-order valence-electron chi connectivity index (χ1n) is 8.53. The summed E-state index contributed by atoms with van der Waals surface area (Å²) >= 11 is 0. The van der Waals surface area contributed by atoms with Gasteiger partial charge in [-0.25, -0.2) is 4.98 Å². The molecule has 0 atom stereocenters. The molecule has 1 saturated carbocycles. The predicted molar refractivity (Wildman–Crippen MR) is 88.3 cm³/mol. The summed E-state index contributed by atoms with van der Waals surface area (Å²) in [5.41, 5.74) is 2.40. The minimum atomic E-state index is 0.878. The molecule has 0 bridgehead atoms. The summed E-state index contributed by atoms with van der Waals surface area (Å²) < 4.78 is 2.38. The molecule has 1 aliphatic carbocycles. The molecule has 0 radical (unpaired) electrons. The number of benzene rings is 1. The van der Waals surface area contributed by atoms with E-state index in [0.717, 1.165) is 37.5 Å². The van der Waals surface area contributed by atoms with Crippen LogP contribution in [-0.4, -0.2) is 16.1 Å². The van der Waals surface area contributed by atoms with Crippen LogP contribution < -0.4 is 5.32 Å². The zero-order chi connectivity index (χ0) is 14.5. The van der Waals surface area contributed by atoms with Gasteiger partial charge in [-0.1, -0.05) is 38.3 Å². The molecule has 2 aromatic rings. The van der Waals surface area contributed by atoms with Crippen molar-refractivity contribution in [2.24, 2.45) is 5.92 Å². The zero-order valence-corrected chi connectivity index (χ0v) is 13.1. The third-order valence-corrected chi connectivity index (χ3v) is 4.62. The Morgan fingerprint density at radius 1 is 1.19 bits per heavy atom. The summed E-state index contributed by atoms with van der Waals surface area (Å²) in [5, 5.41) is 3.65. The highest BCUT2D eigenvalue weighted by molar-refractivity contribution is 5.75. The number of imidazole rings is 1. The molecule has 1 aromatic carbocycles. The van der Waals surface area contributed by atoms with E-state index in [-0.39, 0.29) is 0 Å². The van der Waals surface area contributed by atoms with Crippen LogP contribution in [0.2, 0.25) is 0 Å². The van der Waals surface area contributed by atoms with Crippen LogP contribution >= 0.6 is 0 Å². The Labute approximate surface area is 127 Å². The maximum absolute atomic E-state index is 4.81. The van der Waals surface area contributed by atoms with E-state index in [9.17, 15) is 0 Å². The molecule has 0 amide bonds. The number of aromatic nitrogens is 2. The maximum Gasteiger partial charge on any atom is 0.123 e. The van der Waals surface area contributed by atoms with Gasteiger partial charge in [0.05, 0.1) is 17.6 Å². The number of aryl methyl sites for hydroxylation is 1. The highest BCUT2D eigenvalue weighted by Gasteiger charge is 2.14. The fraction of sp³-hybridized carbons (Fsp3) is 0.611. The van der Waals surface area contributed by atoms with E-state index in [4.69, 9.17) is 4.98 Å². The second-order valence-corrected chi connectivity index (χ2v) is 6.30. The second-order valence-electron chi connectivity index (χ2n) is 6.30. The van der Waals surface area contributed by atoms with Gasteiger partial charge >= 0.3 is 0 Å². The molecule has 3 rings (SSSR count). The van der Waals surface area contributed by atoms with E-state index in [1.165, 1.54) is 43.4 Å². The molecule has 1 heterocycles. The van der Waals surface area contributed by atoms with Crippen molar-refractivity contribution in [1.82, 2.24) is 14.9 Å². The van der Waals surface area contributed by atoms with Crippen molar-refractivity contribution in [1.29, 1.82) is 0 Å². The molecular weight excluding hydrogens is 258 g/mol. The van der Waals surface area contributed by atoms with Gasteiger partial charge in [-0.3, -0.25) is 0 Å². The largest absolute Gasteiger partial charge is 0.327 e. The van der Waals surface area contributed by atoms with Crippen LogP contribution in [0.25, 0.3) is 11.0 Å². The van der Waals surface area contributed by atoms with Gasteiger partial charge in [0.1, 0.15) is 5.82 Å². The lowest BCUT2D eigenvalue weighted by Crippen LogP contribution is -2.25. The second kappa shape index (κ2) is 7.08. The fourth-order valence-electron chi connectivity index (χ4n) is 3.51. The Morgan fingerprint density at radius 2 is 2.00 bits per heavy atom. The minimum Gasteiger partial charge on any atom is -0.327 e. The molecule has 0 unspecified atom stereocenters. The molecule has 114 valence electrons. The van der Waals surface area contributed by atoms with Crippen LogP contribution in [0.5, 0.6) is 0 Å². The number of hydrogen-bond acceptors (Lipinski definition) is 2. The molecule has 0 aliphatic heterocycles. The molecule has 0 saturated heterocycles. The number of rotatable bonds is 6. The number of fused-ring (bicyclic) bond motifs is 1. The summed E-state index contributed by atoms with van der Waals surface area (Å²) in [6, 6.07) is 8.48. The van der Waals surface area contributed by atoms with Gasteiger partial charge in [-0.05, 0) is 43.9 Å². The molecule has 1 aromatic heterocycles. The summed E-state index contributed by atoms with van der Waals surface area (Å²) in [5.74, 6) is 2.07. The molecule has 3 heteroatoms. The highest BCUT2D eigenvalue weighted by Crippen LogP contribution is 2.23. The Balaban J connectivity index is 1.66. The number of para-hydroxylation sites is 2. The highest BCUT2D eigenvalue weighted by atomic mass is 15.1. The number of hydrogen-bond donors (Lipinski definition) is 1. The smallest absolute Gasteiger partial charge is 0.123 e. The molecular formula is C18H27N3. The van der Waals surface area contributed by atoms with E-state index in [2.05, 4.69) is 41.1 Å². The number of nitrogens with zero attached hydrogens (tertiary/aromatic N) is 2. The Bertz CT molecular complexity index is 567. The van der Waals surface area contributed by atoms with Crippen LogP contribution in [-0.2, 0) is 13.1 Å². The molecule has 3 nitrogen and oxygen atoms in total. The van der Waals surface area contributed by atoms with Crippen LogP contribution in [0.4, 0.5) is 0 Å². The third kappa shape index (κ3) is 3.46. The molecule has 1 fully saturated rings. The SMILES string of the molecule is CCCn1c(CNCC2CCCCC2)nc2ccccc21. The standard InChI is InChI=1S/C18H27N3/c1-2-12-21-17-11-7-6-10-16(17)20-18(21)14-19-13-15-8-4-3-5-9-15/h6-7,10-11,15,19H,2-5,8-9,12-14H2,1H3. The molecule has 0 spiro atoms. The van der Waals surface area contributed by atoms with Gasteiger partial charge < -0.3 is 9.88 Å². The summed E-state index contributed by atoms with van der Waals surface area (Å²) in [4.78, 5) is 4.81. The van der Waals surface area contributed by atoms with Crippen LogP contribution in [0.1, 0.15) is 51.3 Å². The molecule has 1 N–H and O–H groups in total. The van der Waals surface area contributed by atoms with Gasteiger partial charge in [0.15, 0.2) is 0 Å². The van der Waals surface area contributed by atoms with Crippen molar-refractivity contribution in [3.05, 3.63) is 30.1 Å². The molecule has 1 aliphatic rings. The number of nitrogens with one attached hydrogen (secondary N) is 1. The monoisotopic (exact) mass is 285 g/mol. The lowest BCUT2D eigenvalue weighted by atomic mass is 9.89.